The molecule has 1 atom stereocenters. The Morgan fingerprint density at radius 3 is 1.54 bits per heavy atom. The zero-order valence-corrected chi connectivity index (χ0v) is 25.7. The summed E-state index contributed by atoms with van der Waals surface area (Å²) in [5.74, 6) is -0.461. The van der Waals surface area contributed by atoms with Gasteiger partial charge in [-0.25, -0.2) is 0 Å². The van der Waals surface area contributed by atoms with Crippen LogP contribution in [0.4, 0.5) is 0 Å². The van der Waals surface area contributed by atoms with Gasteiger partial charge in [-0.05, 0) is 40.4 Å². The van der Waals surface area contributed by atoms with Crippen molar-refractivity contribution in [1.29, 1.82) is 0 Å². The van der Waals surface area contributed by atoms with Gasteiger partial charge in [0.15, 0.2) is 0 Å². The lowest BCUT2D eigenvalue weighted by Gasteiger charge is -2.32. The van der Waals surface area contributed by atoms with Crippen LogP contribution < -0.4 is 0 Å². The number of carboxylic acids is 1. The van der Waals surface area contributed by atoms with Crippen LogP contribution in [0.2, 0.25) is 0 Å². The van der Waals surface area contributed by atoms with E-state index in [2.05, 4.69) is 48.5 Å². The van der Waals surface area contributed by atoms with Crippen LogP contribution in [0.5, 0.6) is 5.75 Å². The largest absolute Gasteiger partial charge is 0.507 e. The third kappa shape index (κ3) is 13.5. The zero-order valence-electron chi connectivity index (χ0n) is 25.7. The molecule has 0 heterocycles. The van der Waals surface area contributed by atoms with Gasteiger partial charge in [0, 0.05) is 6.42 Å². The molecule has 0 saturated carbocycles. The first-order valence-corrected chi connectivity index (χ1v) is 14.7. The maximum atomic E-state index is 10.8. The lowest BCUT2D eigenvalue weighted by molar-refractivity contribution is -0.136. The summed E-state index contributed by atoms with van der Waals surface area (Å²) in [5, 5.41) is 56.9. The summed E-state index contributed by atoms with van der Waals surface area (Å²) in [4.78, 5) is 10.8. The number of hydrogen-bond acceptors (Lipinski definition) is 6. The van der Waals surface area contributed by atoms with Gasteiger partial charge in [-0.2, -0.15) is 0 Å². The number of aliphatic hydroxyl groups excluding tert-OH is 4. The van der Waals surface area contributed by atoms with Crippen LogP contribution in [0.15, 0.2) is 12.1 Å². The van der Waals surface area contributed by atoms with Crippen molar-refractivity contribution in [1.82, 2.24) is 0 Å². The van der Waals surface area contributed by atoms with Crippen molar-refractivity contribution >= 4 is 5.97 Å². The van der Waals surface area contributed by atoms with Crippen molar-refractivity contribution in [3.8, 4) is 5.75 Å². The van der Waals surface area contributed by atoms with Gasteiger partial charge in [0.1, 0.15) is 5.75 Å². The molecule has 0 spiro atoms. The molecule has 1 unspecified atom stereocenters. The predicted molar refractivity (Wildman–Crippen MR) is 158 cm³/mol. The Morgan fingerprint density at radius 2 is 1.18 bits per heavy atom. The Labute approximate surface area is 237 Å². The van der Waals surface area contributed by atoms with E-state index in [-0.39, 0.29) is 17.3 Å². The van der Waals surface area contributed by atoms with Gasteiger partial charge >= 0.3 is 5.97 Å². The van der Waals surface area contributed by atoms with E-state index in [0.29, 0.717) is 18.6 Å². The van der Waals surface area contributed by atoms with Crippen molar-refractivity contribution in [3.63, 3.8) is 0 Å². The first-order chi connectivity index (χ1) is 18.1. The highest BCUT2D eigenvalue weighted by molar-refractivity contribution is 5.67. The highest BCUT2D eigenvalue weighted by Crippen LogP contribution is 2.40. The van der Waals surface area contributed by atoms with Crippen LogP contribution in [0.25, 0.3) is 0 Å². The highest BCUT2D eigenvalue weighted by Gasteiger charge is 2.36. The minimum Gasteiger partial charge on any atom is -0.507 e. The number of aryl methyl sites for hydroxylation is 1. The summed E-state index contributed by atoms with van der Waals surface area (Å²) in [7, 11) is 0. The average molecular weight is 555 g/mol. The Bertz CT molecular complexity index is 774. The van der Waals surface area contributed by atoms with Crippen LogP contribution in [-0.2, 0) is 22.0 Å². The summed E-state index contributed by atoms with van der Waals surface area (Å²) >= 11 is 0. The molecule has 0 amide bonds. The smallest absolute Gasteiger partial charge is 0.303 e. The molecular formula is C32H58O7. The first kappa shape index (κ1) is 37.3. The number of phenolic OH excluding ortho intramolecular Hbond substituents is 1. The van der Waals surface area contributed by atoms with Crippen molar-refractivity contribution < 1.29 is 35.4 Å². The number of unbranched alkanes of at least 4 members (excludes halogenated alkanes) is 7. The third-order valence-corrected chi connectivity index (χ3v) is 7.40. The lowest BCUT2D eigenvalue weighted by Crippen LogP contribution is -2.45. The van der Waals surface area contributed by atoms with Crippen molar-refractivity contribution in [2.75, 3.05) is 19.8 Å². The molecule has 0 bridgehead atoms. The van der Waals surface area contributed by atoms with E-state index >= 15 is 0 Å². The molecule has 0 aliphatic rings. The monoisotopic (exact) mass is 554 g/mol. The van der Waals surface area contributed by atoms with E-state index in [1.807, 2.05) is 12.1 Å². The summed E-state index contributed by atoms with van der Waals surface area (Å²) in [6.07, 6.45) is 9.78. The number of aliphatic hydroxyl groups is 4. The predicted octanol–water partition coefficient (Wildman–Crippen LogP) is 5.85. The number of carbonyl (C=O) groups is 1. The molecule has 0 aliphatic carbocycles. The van der Waals surface area contributed by atoms with Crippen LogP contribution in [0.3, 0.4) is 0 Å². The molecule has 0 aromatic heterocycles. The molecule has 0 aliphatic heterocycles. The highest BCUT2D eigenvalue weighted by atomic mass is 16.4. The molecule has 7 nitrogen and oxygen atoms in total. The van der Waals surface area contributed by atoms with Crippen LogP contribution in [0, 0.1) is 5.41 Å². The topological polar surface area (TPSA) is 138 Å². The first-order valence-electron chi connectivity index (χ1n) is 14.7. The average Bonchev–Trinajstić information content (AvgIpc) is 2.85. The third-order valence-electron chi connectivity index (χ3n) is 7.40. The maximum Gasteiger partial charge on any atom is 0.303 e. The molecule has 0 saturated heterocycles. The fraction of sp³-hybridized carbons (Fsp3) is 0.781. The fourth-order valence-corrected chi connectivity index (χ4v) is 4.48. The number of hydrogen-bond donors (Lipinski definition) is 6. The quantitative estimate of drug-likeness (QED) is 0.141. The Balaban J connectivity index is 0.000000742. The molecule has 39 heavy (non-hydrogen) atoms. The standard InChI is InChI=1S/C17H26O3.C15H32O4/c1-16(2,3)12-9-11(7-8-14(18)19)10-13(15(12)20)17(4,5)6;1-2-3-4-5-6-7-8-9-10-14(19)15(11-16,12-17)13-18/h9-10,20H,7-8H2,1-6H3,(H,18,19);14,16-19H,2-13H2,1H3. The number of carboxylic acid groups (broad SMARTS) is 1. The molecular weight excluding hydrogens is 496 g/mol. The van der Waals surface area contributed by atoms with Crippen LogP contribution in [-0.4, -0.2) is 62.5 Å². The summed E-state index contributed by atoms with van der Waals surface area (Å²) in [6, 6.07) is 3.88. The summed E-state index contributed by atoms with van der Waals surface area (Å²) < 4.78 is 0. The summed E-state index contributed by atoms with van der Waals surface area (Å²) in [5.41, 5.74) is 1.23. The van der Waals surface area contributed by atoms with E-state index in [1.54, 1.807) is 0 Å². The van der Waals surface area contributed by atoms with E-state index in [0.717, 1.165) is 29.5 Å². The van der Waals surface area contributed by atoms with Gasteiger partial charge in [-0.15, -0.1) is 0 Å². The Kier molecular flexibility index (Phi) is 17.1. The SMILES string of the molecule is CC(C)(C)c1cc(CCC(=O)O)cc(C(C)(C)C)c1O.CCCCCCCCCCC(O)C(CO)(CO)CO. The number of rotatable bonds is 16. The van der Waals surface area contributed by atoms with E-state index < -0.39 is 37.3 Å². The molecule has 1 aromatic rings. The molecule has 0 radical (unpaired) electrons. The molecule has 228 valence electrons. The minimum atomic E-state index is -1.15. The number of aromatic hydroxyl groups is 1. The van der Waals surface area contributed by atoms with Crippen LogP contribution in [0.1, 0.15) is 129 Å². The van der Waals surface area contributed by atoms with Crippen LogP contribution >= 0.6 is 0 Å². The van der Waals surface area contributed by atoms with Gasteiger partial charge in [0.2, 0.25) is 0 Å². The lowest BCUT2D eigenvalue weighted by atomic mass is 9.78. The number of phenols is 1. The van der Waals surface area contributed by atoms with Gasteiger partial charge in [-0.1, -0.05) is 112 Å². The normalized spacial score (nSPS) is 13.1. The van der Waals surface area contributed by atoms with Crippen molar-refractivity contribution in [3.05, 3.63) is 28.8 Å². The second kappa shape index (κ2) is 17.9. The van der Waals surface area contributed by atoms with Gasteiger partial charge in [-0.3, -0.25) is 4.79 Å². The fourth-order valence-electron chi connectivity index (χ4n) is 4.48. The number of aliphatic carboxylic acids is 1. The molecule has 6 N–H and O–H groups in total. The number of benzene rings is 1. The summed E-state index contributed by atoms with van der Waals surface area (Å²) in [6.45, 7) is 13.3. The van der Waals surface area contributed by atoms with Crippen molar-refractivity contribution in [2.45, 2.75) is 136 Å². The van der Waals surface area contributed by atoms with Gasteiger partial charge < -0.3 is 30.6 Å². The molecule has 1 rings (SSSR count). The van der Waals surface area contributed by atoms with E-state index in [9.17, 15) is 30.3 Å². The Morgan fingerprint density at radius 1 is 0.769 bits per heavy atom. The second-order valence-electron chi connectivity index (χ2n) is 13.0. The van der Waals surface area contributed by atoms with Crippen molar-refractivity contribution in [2.24, 2.45) is 5.41 Å². The Hall–Kier alpha value is -1.67. The molecule has 0 fully saturated rings. The zero-order chi connectivity index (χ0) is 30.3. The van der Waals surface area contributed by atoms with E-state index in [1.165, 1.54) is 38.5 Å². The molecule has 7 heteroatoms. The van der Waals surface area contributed by atoms with Gasteiger partial charge in [0.25, 0.3) is 0 Å². The van der Waals surface area contributed by atoms with Gasteiger partial charge in [0.05, 0.1) is 31.3 Å². The maximum absolute atomic E-state index is 10.8. The minimum absolute atomic E-state index is 0.109. The molecule has 1 aromatic carbocycles. The van der Waals surface area contributed by atoms with E-state index in [4.69, 9.17) is 5.11 Å². The second-order valence-corrected chi connectivity index (χ2v) is 13.0.